The molecule has 0 spiro atoms. The molecule has 4 aromatic rings. The summed E-state index contributed by atoms with van der Waals surface area (Å²) in [5.41, 5.74) is 4.44. The number of sulfone groups is 1. The predicted octanol–water partition coefficient (Wildman–Crippen LogP) is 4.50. The molecule has 0 bridgehead atoms. The topological polar surface area (TPSA) is 167 Å². The maximum atomic E-state index is 16.0. The van der Waals surface area contributed by atoms with Crippen molar-refractivity contribution >= 4 is 45.4 Å². The smallest absolute Gasteiger partial charge is 0.334 e. The summed E-state index contributed by atoms with van der Waals surface area (Å²) in [5.74, 6) is -2.84. The Bertz CT molecular complexity index is 2060. The van der Waals surface area contributed by atoms with Crippen LogP contribution in [0.4, 0.5) is 20.6 Å². The summed E-state index contributed by atoms with van der Waals surface area (Å²) in [5, 5.41) is 11.4. The Morgan fingerprint density at radius 1 is 0.920 bits per heavy atom. The zero-order valence-corrected chi connectivity index (χ0v) is 27.6. The van der Waals surface area contributed by atoms with Crippen LogP contribution in [-0.2, 0) is 36.2 Å². The number of para-hydroxylation sites is 2. The summed E-state index contributed by atoms with van der Waals surface area (Å²) in [4.78, 5) is 55.3. The van der Waals surface area contributed by atoms with Crippen LogP contribution in [0.25, 0.3) is 0 Å². The van der Waals surface area contributed by atoms with E-state index in [4.69, 9.17) is 5.73 Å². The monoisotopic (exact) mass is 698 g/mol. The van der Waals surface area contributed by atoms with Gasteiger partial charge in [-0.15, -0.1) is 0 Å². The van der Waals surface area contributed by atoms with Crippen molar-refractivity contribution in [1.82, 2.24) is 5.32 Å². The number of hydrogen-bond acceptors (Lipinski definition) is 7. The van der Waals surface area contributed by atoms with Crippen LogP contribution in [0.5, 0.6) is 0 Å². The number of carbonyl (C=O) groups is 4. The van der Waals surface area contributed by atoms with Crippen LogP contribution < -0.4 is 20.9 Å². The summed E-state index contributed by atoms with van der Waals surface area (Å²) in [6.07, 6.45) is 0.628. The van der Waals surface area contributed by atoms with E-state index in [1.165, 1.54) is 53.4 Å². The Labute approximate surface area is 288 Å². The fraction of sp³-hybridized carbons (Fsp3) is 0.243. The Hall–Kier alpha value is -5.56. The summed E-state index contributed by atoms with van der Waals surface area (Å²) in [6.45, 7) is 0.329. The Balaban J connectivity index is 1.65. The molecule has 11 nitrogen and oxygen atoms in total. The van der Waals surface area contributed by atoms with E-state index in [2.05, 4.69) is 5.32 Å². The molecule has 258 valence electrons. The molecule has 50 heavy (non-hydrogen) atoms. The fourth-order valence-corrected chi connectivity index (χ4v) is 9.28. The van der Waals surface area contributed by atoms with E-state index in [0.717, 1.165) is 12.0 Å². The number of urea groups is 1. The van der Waals surface area contributed by atoms with Gasteiger partial charge in [-0.25, -0.2) is 22.4 Å². The summed E-state index contributed by atoms with van der Waals surface area (Å²) in [7, 11) is -4.29. The quantitative estimate of drug-likeness (QED) is 0.204. The molecule has 6 rings (SSSR count). The van der Waals surface area contributed by atoms with Gasteiger partial charge in [0.25, 0.3) is 0 Å². The number of primary amides is 1. The van der Waals surface area contributed by atoms with Crippen molar-refractivity contribution in [1.29, 1.82) is 0 Å². The molecule has 4 aromatic carbocycles. The van der Waals surface area contributed by atoms with Crippen molar-refractivity contribution < 1.29 is 37.1 Å². The van der Waals surface area contributed by atoms with Gasteiger partial charge in [-0.3, -0.25) is 4.79 Å². The number of nitrogens with zero attached hydrogens (tertiary/aromatic N) is 2. The van der Waals surface area contributed by atoms with Gasteiger partial charge in [0.1, 0.15) is 18.1 Å². The third-order valence-electron chi connectivity index (χ3n) is 9.53. The Morgan fingerprint density at radius 2 is 1.56 bits per heavy atom. The Kier molecular flexibility index (Phi) is 9.43. The van der Waals surface area contributed by atoms with Crippen molar-refractivity contribution in [3.63, 3.8) is 0 Å². The number of anilines is 2. The highest BCUT2D eigenvalue weighted by atomic mass is 32.2. The first-order chi connectivity index (χ1) is 24.0. The second-order valence-corrected chi connectivity index (χ2v) is 14.5. The van der Waals surface area contributed by atoms with E-state index in [1.54, 1.807) is 41.3 Å². The summed E-state index contributed by atoms with van der Waals surface area (Å²) in [6, 6.07) is 22.6. The normalized spacial score (nSPS) is 20.0. The Morgan fingerprint density at radius 3 is 2.24 bits per heavy atom. The minimum atomic E-state index is -4.29. The molecule has 2 aliphatic heterocycles. The highest BCUT2D eigenvalue weighted by molar-refractivity contribution is 7.92. The van der Waals surface area contributed by atoms with Crippen molar-refractivity contribution in [3.05, 3.63) is 126 Å². The number of amides is 3. The molecule has 4 unspecified atom stereocenters. The van der Waals surface area contributed by atoms with Crippen LogP contribution in [0.1, 0.15) is 42.0 Å². The van der Waals surface area contributed by atoms with Crippen LogP contribution in [0.3, 0.4) is 0 Å². The van der Waals surface area contributed by atoms with Gasteiger partial charge in [0.05, 0.1) is 16.2 Å². The number of nitrogens with one attached hydrogen (secondary N) is 1. The molecule has 2 aliphatic rings. The molecule has 0 radical (unpaired) electrons. The summed E-state index contributed by atoms with van der Waals surface area (Å²) < 4.78 is 45.2. The largest absolute Gasteiger partial charge is 0.479 e. The molecule has 0 saturated carbocycles. The second-order valence-electron chi connectivity index (χ2n) is 12.3. The van der Waals surface area contributed by atoms with Crippen molar-refractivity contribution in [2.45, 2.75) is 53.5 Å². The zero-order valence-electron chi connectivity index (χ0n) is 26.8. The van der Waals surface area contributed by atoms with Gasteiger partial charge in [0.2, 0.25) is 5.91 Å². The van der Waals surface area contributed by atoms with Crippen molar-refractivity contribution in [2.75, 3.05) is 16.3 Å². The lowest BCUT2D eigenvalue weighted by Crippen LogP contribution is -2.55. The molecule has 2 heterocycles. The molecule has 1 saturated heterocycles. The first-order valence-electron chi connectivity index (χ1n) is 16.1. The molecule has 0 aliphatic carbocycles. The van der Waals surface area contributed by atoms with E-state index < -0.39 is 62.9 Å². The number of nitrogens with two attached hydrogens (primary N) is 1. The lowest BCUT2D eigenvalue weighted by molar-refractivity contribution is -0.146. The van der Waals surface area contributed by atoms with Crippen LogP contribution in [-0.4, -0.2) is 55.6 Å². The minimum absolute atomic E-state index is 0.00755. The highest BCUT2D eigenvalue weighted by Crippen LogP contribution is 2.49. The molecule has 0 aromatic heterocycles. The van der Waals surface area contributed by atoms with Gasteiger partial charge in [-0.1, -0.05) is 72.8 Å². The molecule has 1 fully saturated rings. The number of aldehydes is 1. The lowest BCUT2D eigenvalue weighted by atomic mass is 9.85. The van der Waals surface area contributed by atoms with Crippen molar-refractivity contribution in [2.24, 2.45) is 5.73 Å². The number of benzene rings is 4. The van der Waals surface area contributed by atoms with Crippen LogP contribution in [0.15, 0.2) is 108 Å². The van der Waals surface area contributed by atoms with Crippen LogP contribution >= 0.6 is 0 Å². The number of rotatable bonds is 10. The van der Waals surface area contributed by atoms with Gasteiger partial charge in [0.15, 0.2) is 15.4 Å². The molecule has 13 heteroatoms. The lowest BCUT2D eigenvalue weighted by Gasteiger charge is -2.40. The van der Waals surface area contributed by atoms with Gasteiger partial charge in [-0.05, 0) is 55.2 Å². The number of halogens is 1. The van der Waals surface area contributed by atoms with E-state index in [-0.39, 0.29) is 28.1 Å². The van der Waals surface area contributed by atoms with E-state index in [9.17, 15) is 32.7 Å². The third-order valence-corrected chi connectivity index (χ3v) is 11.7. The molecule has 4 N–H and O–H groups in total. The SMILES string of the molecule is NC(=O)NC(CC=O)(C(=O)O)c1ccccc1N1C(C(=O)N2CCCc3ccccc32)CC(S(=O)(=O)c2ccccc2)C1c1ccccc1F. The van der Waals surface area contributed by atoms with E-state index in [0.29, 0.717) is 24.9 Å². The summed E-state index contributed by atoms with van der Waals surface area (Å²) >= 11 is 0. The van der Waals surface area contributed by atoms with E-state index in [1.807, 2.05) is 18.2 Å². The molecule has 3 amide bonds. The number of aliphatic carboxylic acids is 1. The number of carbonyl (C=O) groups excluding carboxylic acids is 3. The van der Waals surface area contributed by atoms with Gasteiger partial charge >= 0.3 is 12.0 Å². The van der Waals surface area contributed by atoms with Gasteiger partial charge < -0.3 is 30.8 Å². The van der Waals surface area contributed by atoms with Crippen molar-refractivity contribution in [3.8, 4) is 0 Å². The maximum absolute atomic E-state index is 16.0. The molecular formula is C37H35FN4O7S. The molecular weight excluding hydrogens is 663 g/mol. The van der Waals surface area contributed by atoms with Gasteiger partial charge in [0, 0.05) is 35.5 Å². The van der Waals surface area contributed by atoms with Crippen LogP contribution in [0, 0.1) is 5.82 Å². The number of aryl methyl sites for hydroxylation is 1. The average molecular weight is 699 g/mol. The third kappa shape index (κ3) is 5.98. The second kappa shape index (κ2) is 13.7. The fourth-order valence-electron chi connectivity index (χ4n) is 7.34. The van der Waals surface area contributed by atoms with Crippen LogP contribution in [0.2, 0.25) is 0 Å². The zero-order chi connectivity index (χ0) is 35.6. The predicted molar refractivity (Wildman–Crippen MR) is 184 cm³/mol. The number of fused-ring (bicyclic) bond motifs is 1. The maximum Gasteiger partial charge on any atom is 0.334 e. The average Bonchev–Trinajstić information content (AvgIpc) is 3.52. The molecule has 4 atom stereocenters. The minimum Gasteiger partial charge on any atom is -0.479 e. The van der Waals surface area contributed by atoms with E-state index >= 15 is 4.39 Å². The first-order valence-corrected chi connectivity index (χ1v) is 17.6. The number of carboxylic acid groups (broad SMARTS) is 1. The number of hydrogen-bond donors (Lipinski definition) is 3. The first kappa shape index (κ1) is 34.3. The number of carboxylic acids is 1. The highest BCUT2D eigenvalue weighted by Gasteiger charge is 2.55. The van der Waals surface area contributed by atoms with Gasteiger partial charge in [-0.2, -0.15) is 0 Å². The standard InChI is InChI=1S/C37H35FN4O7S/c38-28-17-7-5-15-26(28)33-32(50(48,49)25-13-2-1-3-14-25)23-31(34(44)41-21-10-12-24-11-4-8-18-29(24)41)42(33)30-19-9-6-16-27(30)37(20-22-43,35(45)46)40-36(39)47/h1-9,11,13-19,22,31-33H,10,12,20-21,23H2,(H,45,46)(H3,39,40,47).